The van der Waals surface area contributed by atoms with E-state index in [4.69, 9.17) is 17.3 Å². The highest BCUT2D eigenvalue weighted by Crippen LogP contribution is 2.35. The van der Waals surface area contributed by atoms with Gasteiger partial charge in [-0.15, -0.1) is 5.10 Å². The van der Waals surface area contributed by atoms with Crippen LogP contribution in [0.15, 0.2) is 49.1 Å². The summed E-state index contributed by atoms with van der Waals surface area (Å²) in [4.78, 5) is 12.6. The summed E-state index contributed by atoms with van der Waals surface area (Å²) in [6.07, 6.45) is 0.121. The van der Waals surface area contributed by atoms with E-state index < -0.39 is 11.7 Å². The molecule has 0 bridgehead atoms. The number of alkyl halides is 3. The molecular formula is C18H19ClF3N7. The van der Waals surface area contributed by atoms with E-state index in [1.807, 2.05) is 0 Å². The Hall–Kier alpha value is -3.40. The highest BCUT2D eigenvalue weighted by molar-refractivity contribution is 6.31. The number of hydrogen-bond acceptors (Lipinski definition) is 6. The van der Waals surface area contributed by atoms with Gasteiger partial charge in [0.2, 0.25) is 0 Å². The molecule has 3 aromatic heterocycles. The Morgan fingerprint density at radius 2 is 2.00 bits per heavy atom. The van der Waals surface area contributed by atoms with Crippen molar-refractivity contribution in [1.29, 1.82) is 0 Å². The van der Waals surface area contributed by atoms with Gasteiger partial charge >= 0.3 is 6.18 Å². The fourth-order valence-electron chi connectivity index (χ4n) is 2.83. The number of nitrogens with zero attached hydrogens (tertiary/aromatic N) is 5. The van der Waals surface area contributed by atoms with E-state index in [-0.39, 0.29) is 21.7 Å². The number of benzene rings is 1. The smallest absolute Gasteiger partial charge is 0.382 e. The van der Waals surface area contributed by atoms with E-state index in [1.54, 1.807) is 24.5 Å². The van der Waals surface area contributed by atoms with Crippen LogP contribution in [0.5, 0.6) is 0 Å². The van der Waals surface area contributed by atoms with Crippen LogP contribution in [0.4, 0.5) is 24.8 Å². The first-order chi connectivity index (χ1) is 13.8. The maximum Gasteiger partial charge on any atom is 0.417 e. The molecule has 0 spiro atoms. The zero-order chi connectivity index (χ0) is 20.6. The highest BCUT2D eigenvalue weighted by Gasteiger charge is 2.33. The van der Waals surface area contributed by atoms with Gasteiger partial charge in [-0.2, -0.15) is 13.2 Å². The van der Waals surface area contributed by atoms with Crippen LogP contribution in [0, 0.1) is 0 Å². The molecule has 0 amide bonds. The predicted octanol–water partition coefficient (Wildman–Crippen LogP) is 4.79. The van der Waals surface area contributed by atoms with Gasteiger partial charge in [-0.1, -0.05) is 17.7 Å². The van der Waals surface area contributed by atoms with Gasteiger partial charge in [0, 0.05) is 29.3 Å². The number of aromatic nitrogens is 5. The van der Waals surface area contributed by atoms with Crippen molar-refractivity contribution in [1.82, 2.24) is 24.6 Å². The van der Waals surface area contributed by atoms with E-state index in [0.29, 0.717) is 28.3 Å². The van der Waals surface area contributed by atoms with Gasteiger partial charge in [-0.25, -0.2) is 19.5 Å². The zero-order valence-corrected chi connectivity index (χ0v) is 15.4. The second kappa shape index (κ2) is 7.21. The van der Waals surface area contributed by atoms with Crippen LogP contribution < -0.4 is 11.1 Å². The summed E-state index contributed by atoms with van der Waals surface area (Å²) in [5, 5.41) is 6.82. The van der Waals surface area contributed by atoms with Crippen molar-refractivity contribution in [2.45, 2.75) is 12.7 Å². The lowest BCUT2D eigenvalue weighted by molar-refractivity contribution is -0.137. The Bertz CT molecular complexity index is 1200. The molecule has 154 valence electrons. The number of hydrogen-bond donors (Lipinski definition) is 2. The molecule has 3 N–H and O–H groups in total. The first kappa shape index (κ1) is 18.9. The monoisotopic (exact) mass is 425 g/mol. The molecule has 0 atom stereocenters. The fraction of sp³-hybridized carbons (Fsp3) is 0.111. The lowest BCUT2D eigenvalue weighted by Gasteiger charge is -2.12. The molecular weight excluding hydrogens is 407 g/mol. The third-order valence-corrected chi connectivity index (χ3v) is 4.48. The molecule has 0 aliphatic heterocycles. The van der Waals surface area contributed by atoms with Crippen LogP contribution in [0.3, 0.4) is 0 Å². The molecule has 3 heterocycles. The number of halogens is 4. The Labute approximate surface area is 171 Å². The molecule has 0 radical (unpaired) electrons. The van der Waals surface area contributed by atoms with Crippen molar-refractivity contribution < 1.29 is 17.5 Å². The minimum Gasteiger partial charge on any atom is -0.382 e. The van der Waals surface area contributed by atoms with E-state index in [0.717, 1.165) is 6.07 Å². The summed E-state index contributed by atoms with van der Waals surface area (Å²) in [7, 11) is 0. The van der Waals surface area contributed by atoms with Gasteiger partial charge < -0.3 is 11.1 Å². The summed E-state index contributed by atoms with van der Waals surface area (Å²) in [5.41, 5.74) is 7.08. The minimum absolute atomic E-state index is 0. The molecule has 0 saturated heterocycles. The van der Waals surface area contributed by atoms with Crippen molar-refractivity contribution in [3.63, 3.8) is 0 Å². The average Bonchev–Trinajstić information content (AvgIpc) is 3.02. The van der Waals surface area contributed by atoms with Crippen LogP contribution in [0.1, 0.15) is 15.4 Å². The fourth-order valence-corrected chi connectivity index (χ4v) is 3.06. The number of anilines is 2. The summed E-state index contributed by atoms with van der Waals surface area (Å²) in [6.45, 7) is 0.110. The summed E-state index contributed by atoms with van der Waals surface area (Å²) < 4.78 is 40.6. The van der Waals surface area contributed by atoms with E-state index >= 15 is 0 Å². The van der Waals surface area contributed by atoms with E-state index in [9.17, 15) is 13.2 Å². The molecule has 4 rings (SSSR count). The number of nitrogens with two attached hydrogens (primary N) is 1. The summed E-state index contributed by atoms with van der Waals surface area (Å²) >= 11 is 5.65. The van der Waals surface area contributed by atoms with Crippen molar-refractivity contribution >= 4 is 28.9 Å². The lowest BCUT2D eigenvalue weighted by atomic mass is 10.1. The van der Waals surface area contributed by atoms with Gasteiger partial charge in [-0.05, 0) is 23.8 Å². The van der Waals surface area contributed by atoms with Crippen molar-refractivity contribution in [2.75, 3.05) is 11.1 Å². The number of nitrogen functional groups attached to an aromatic ring is 1. The van der Waals surface area contributed by atoms with Crippen molar-refractivity contribution in [3.8, 4) is 11.3 Å². The number of rotatable bonds is 4. The normalized spacial score (nSPS) is 11.7. The molecule has 11 heteroatoms. The maximum atomic E-state index is 13.0. The molecule has 0 aliphatic carbocycles. The Morgan fingerprint density at radius 1 is 1.17 bits per heavy atom. The molecule has 0 aliphatic rings. The SMILES string of the molecule is Nc1nn2cccnc2c1-c1cc(NCc2ccc(Cl)c(C(F)(F)F)c2)ncn1.[HH].[HH].[HH]. The molecule has 0 fully saturated rings. The largest absolute Gasteiger partial charge is 0.417 e. The standard InChI is InChI=1S/C18H13ClF3N7.3H2/c19-12-3-2-10(6-11(12)18(20,21)22)8-25-14-7-13(26-9-27-14)15-16(23)28-29-5-1-4-24-17(15)29;;;/h1-7,9H,8H2,(H2,23,28)(H,25,26,27);3*1H. The van der Waals surface area contributed by atoms with Gasteiger partial charge in [0.1, 0.15) is 12.1 Å². The lowest BCUT2D eigenvalue weighted by Crippen LogP contribution is -2.08. The third-order valence-electron chi connectivity index (χ3n) is 4.16. The Kier molecular flexibility index (Phi) is 4.71. The Balaban J connectivity index is 0.00000171. The molecule has 1 aromatic carbocycles. The molecule has 7 nitrogen and oxygen atoms in total. The average molecular weight is 426 g/mol. The van der Waals surface area contributed by atoms with Gasteiger partial charge in [-0.3, -0.25) is 0 Å². The molecule has 4 aromatic rings. The third kappa shape index (κ3) is 3.79. The van der Waals surface area contributed by atoms with E-state index in [1.165, 1.54) is 23.0 Å². The van der Waals surface area contributed by atoms with Crippen LogP contribution in [0.2, 0.25) is 5.02 Å². The number of fused-ring (bicyclic) bond motifs is 1. The predicted molar refractivity (Wildman–Crippen MR) is 109 cm³/mol. The minimum atomic E-state index is -4.52. The molecule has 0 saturated carbocycles. The van der Waals surface area contributed by atoms with Gasteiger partial charge in [0.25, 0.3) is 0 Å². The second-order valence-corrected chi connectivity index (χ2v) is 6.51. The summed E-state index contributed by atoms with van der Waals surface area (Å²) in [6, 6.07) is 7.09. The van der Waals surface area contributed by atoms with Crippen LogP contribution >= 0.6 is 11.6 Å². The topological polar surface area (TPSA) is 94.0 Å². The van der Waals surface area contributed by atoms with Crippen LogP contribution in [0.25, 0.3) is 16.9 Å². The summed E-state index contributed by atoms with van der Waals surface area (Å²) in [5.74, 6) is 0.661. The highest BCUT2D eigenvalue weighted by atomic mass is 35.5. The van der Waals surface area contributed by atoms with Crippen molar-refractivity contribution in [2.24, 2.45) is 0 Å². The molecule has 0 unspecified atom stereocenters. The van der Waals surface area contributed by atoms with Crippen LogP contribution in [-0.4, -0.2) is 24.6 Å². The number of nitrogens with one attached hydrogen (secondary N) is 1. The maximum absolute atomic E-state index is 13.0. The van der Waals surface area contributed by atoms with Crippen LogP contribution in [-0.2, 0) is 12.7 Å². The Morgan fingerprint density at radius 3 is 2.79 bits per heavy atom. The first-order valence-electron chi connectivity index (χ1n) is 8.33. The first-order valence-corrected chi connectivity index (χ1v) is 8.71. The van der Waals surface area contributed by atoms with Gasteiger partial charge in [0.15, 0.2) is 11.5 Å². The second-order valence-electron chi connectivity index (χ2n) is 6.10. The van der Waals surface area contributed by atoms with Crippen molar-refractivity contribution in [3.05, 3.63) is 65.2 Å². The van der Waals surface area contributed by atoms with E-state index in [2.05, 4.69) is 25.4 Å². The quantitative estimate of drug-likeness (QED) is 0.488. The van der Waals surface area contributed by atoms with Gasteiger partial charge in [0.05, 0.1) is 21.8 Å². The molecule has 29 heavy (non-hydrogen) atoms. The zero-order valence-electron chi connectivity index (χ0n) is 14.7.